The summed E-state index contributed by atoms with van der Waals surface area (Å²) < 4.78 is 5.56. The molecule has 21 heavy (non-hydrogen) atoms. The minimum absolute atomic E-state index is 0.421. The summed E-state index contributed by atoms with van der Waals surface area (Å²) in [4.78, 5) is 2.67. The maximum Gasteiger partial charge on any atom is 0.123 e. The first-order chi connectivity index (χ1) is 10.3. The largest absolute Gasteiger partial charge is 0.496 e. The van der Waals surface area contributed by atoms with Gasteiger partial charge in [-0.05, 0) is 51.1 Å². The van der Waals surface area contributed by atoms with Gasteiger partial charge in [-0.25, -0.2) is 0 Å². The van der Waals surface area contributed by atoms with Gasteiger partial charge in [0.2, 0.25) is 0 Å². The second-order valence-corrected chi connectivity index (χ2v) is 6.61. The van der Waals surface area contributed by atoms with Crippen LogP contribution in [-0.4, -0.2) is 37.7 Å². The molecule has 0 bridgehead atoms. The molecule has 116 valence electrons. The molecule has 3 nitrogen and oxygen atoms in total. The number of methoxy groups -OCH3 is 1. The van der Waals surface area contributed by atoms with Crippen LogP contribution >= 0.6 is 0 Å². The van der Waals surface area contributed by atoms with Gasteiger partial charge in [0.1, 0.15) is 5.75 Å². The number of nitrogens with zero attached hydrogens (tertiary/aromatic N) is 1. The minimum Gasteiger partial charge on any atom is -0.496 e. The van der Waals surface area contributed by atoms with Crippen LogP contribution in [-0.2, 0) is 0 Å². The van der Waals surface area contributed by atoms with Crippen molar-refractivity contribution >= 4 is 0 Å². The average Bonchev–Trinajstić information content (AvgIpc) is 3.19. The van der Waals surface area contributed by atoms with Crippen LogP contribution in [0.25, 0.3) is 0 Å². The summed E-state index contributed by atoms with van der Waals surface area (Å²) in [5, 5.41) is 3.64. The molecule has 3 rings (SSSR count). The van der Waals surface area contributed by atoms with Crippen LogP contribution in [0.1, 0.15) is 44.2 Å². The van der Waals surface area contributed by atoms with Crippen LogP contribution < -0.4 is 10.1 Å². The van der Waals surface area contributed by atoms with Gasteiger partial charge in [0.15, 0.2) is 0 Å². The second kappa shape index (κ2) is 6.80. The van der Waals surface area contributed by atoms with Crippen molar-refractivity contribution in [2.24, 2.45) is 5.92 Å². The molecule has 2 atom stereocenters. The Kier molecular flexibility index (Phi) is 4.81. The first kappa shape index (κ1) is 14.9. The molecule has 2 fully saturated rings. The Morgan fingerprint density at radius 1 is 1.24 bits per heavy atom. The van der Waals surface area contributed by atoms with Crippen LogP contribution in [0.5, 0.6) is 5.75 Å². The summed E-state index contributed by atoms with van der Waals surface area (Å²) in [5.74, 6) is 1.94. The molecule has 2 aliphatic rings. The number of hydrogen-bond acceptors (Lipinski definition) is 3. The molecule has 0 spiro atoms. The molecular weight excluding hydrogens is 260 g/mol. The average molecular weight is 288 g/mol. The van der Waals surface area contributed by atoms with E-state index in [-0.39, 0.29) is 0 Å². The van der Waals surface area contributed by atoms with Gasteiger partial charge in [-0.2, -0.15) is 0 Å². The highest BCUT2D eigenvalue weighted by Crippen LogP contribution is 2.35. The fourth-order valence-corrected chi connectivity index (χ4v) is 3.43. The third kappa shape index (κ3) is 3.78. The van der Waals surface area contributed by atoms with Crippen molar-refractivity contribution in [2.45, 2.75) is 44.7 Å². The fraction of sp³-hybridized carbons (Fsp3) is 0.667. The number of rotatable bonds is 7. The van der Waals surface area contributed by atoms with Gasteiger partial charge in [-0.1, -0.05) is 18.2 Å². The summed E-state index contributed by atoms with van der Waals surface area (Å²) in [7, 11) is 1.77. The lowest BCUT2D eigenvalue weighted by Crippen LogP contribution is -2.40. The molecule has 0 radical (unpaired) electrons. The van der Waals surface area contributed by atoms with E-state index in [1.807, 2.05) is 0 Å². The van der Waals surface area contributed by atoms with Crippen LogP contribution in [0, 0.1) is 5.92 Å². The summed E-state index contributed by atoms with van der Waals surface area (Å²) in [6, 6.07) is 9.56. The molecule has 1 aliphatic heterocycles. The molecule has 2 unspecified atom stereocenters. The number of nitrogens with one attached hydrogen (secondary N) is 1. The van der Waals surface area contributed by atoms with E-state index in [9.17, 15) is 0 Å². The molecule has 1 aliphatic carbocycles. The molecule has 1 heterocycles. The number of para-hydroxylation sites is 1. The smallest absolute Gasteiger partial charge is 0.123 e. The minimum atomic E-state index is 0.421. The molecule has 0 amide bonds. The fourth-order valence-electron chi connectivity index (χ4n) is 3.43. The number of benzene rings is 1. The van der Waals surface area contributed by atoms with Gasteiger partial charge in [0.25, 0.3) is 0 Å². The highest BCUT2D eigenvalue weighted by atomic mass is 16.5. The van der Waals surface area contributed by atoms with Crippen molar-refractivity contribution in [3.05, 3.63) is 29.8 Å². The topological polar surface area (TPSA) is 24.5 Å². The lowest BCUT2D eigenvalue weighted by molar-refractivity contribution is 0.181. The van der Waals surface area contributed by atoms with Gasteiger partial charge >= 0.3 is 0 Å². The van der Waals surface area contributed by atoms with E-state index in [1.54, 1.807) is 7.11 Å². The molecule has 1 N–H and O–H groups in total. The van der Waals surface area contributed by atoms with Gasteiger partial charge < -0.3 is 10.1 Å². The van der Waals surface area contributed by atoms with Crippen molar-refractivity contribution in [1.29, 1.82) is 0 Å². The standard InChI is InChI=1S/C18H28N2O/c1-14(17-7-3-4-8-18(17)21-2)20(12-15-9-10-15)13-16-6-5-11-19-16/h3-4,7-8,14-16,19H,5-6,9-13H2,1-2H3. The van der Waals surface area contributed by atoms with Gasteiger partial charge in [0.05, 0.1) is 7.11 Å². The quantitative estimate of drug-likeness (QED) is 0.834. The third-order valence-corrected chi connectivity index (χ3v) is 4.94. The Bertz CT molecular complexity index is 452. The normalized spacial score (nSPS) is 23.5. The monoisotopic (exact) mass is 288 g/mol. The van der Waals surface area contributed by atoms with E-state index in [0.29, 0.717) is 12.1 Å². The van der Waals surface area contributed by atoms with Crippen molar-refractivity contribution in [3.63, 3.8) is 0 Å². The van der Waals surface area contributed by atoms with Crippen molar-refractivity contribution in [1.82, 2.24) is 10.2 Å². The molecular formula is C18H28N2O. The van der Waals surface area contributed by atoms with Gasteiger partial charge in [-0.3, -0.25) is 4.90 Å². The van der Waals surface area contributed by atoms with Crippen molar-refractivity contribution in [3.8, 4) is 5.75 Å². The molecule has 1 aromatic carbocycles. The predicted molar refractivity (Wildman–Crippen MR) is 86.7 cm³/mol. The first-order valence-corrected chi connectivity index (χ1v) is 8.38. The van der Waals surface area contributed by atoms with Gasteiger partial charge in [0, 0.05) is 30.7 Å². The van der Waals surface area contributed by atoms with Crippen LogP contribution in [0.15, 0.2) is 24.3 Å². The zero-order chi connectivity index (χ0) is 14.7. The molecule has 1 saturated heterocycles. The van der Waals surface area contributed by atoms with E-state index in [1.165, 1.54) is 44.3 Å². The molecule has 1 saturated carbocycles. The second-order valence-electron chi connectivity index (χ2n) is 6.61. The van der Waals surface area contributed by atoms with Crippen molar-refractivity contribution in [2.75, 3.05) is 26.7 Å². The summed E-state index contributed by atoms with van der Waals surface area (Å²) in [6.07, 6.45) is 5.46. The number of ether oxygens (including phenoxy) is 1. The van der Waals surface area contributed by atoms with Crippen LogP contribution in [0.3, 0.4) is 0 Å². The van der Waals surface area contributed by atoms with Gasteiger partial charge in [-0.15, -0.1) is 0 Å². The van der Waals surface area contributed by atoms with E-state index < -0.39 is 0 Å². The lowest BCUT2D eigenvalue weighted by Gasteiger charge is -2.32. The van der Waals surface area contributed by atoms with E-state index >= 15 is 0 Å². The van der Waals surface area contributed by atoms with Crippen LogP contribution in [0.4, 0.5) is 0 Å². The summed E-state index contributed by atoms with van der Waals surface area (Å²) >= 11 is 0. The highest BCUT2D eigenvalue weighted by Gasteiger charge is 2.30. The molecule has 0 aromatic heterocycles. The van der Waals surface area contributed by atoms with E-state index in [4.69, 9.17) is 4.74 Å². The summed E-state index contributed by atoms with van der Waals surface area (Å²) in [5.41, 5.74) is 1.32. The van der Waals surface area contributed by atoms with Crippen LogP contribution in [0.2, 0.25) is 0 Å². The first-order valence-electron chi connectivity index (χ1n) is 8.38. The third-order valence-electron chi connectivity index (χ3n) is 4.94. The highest BCUT2D eigenvalue weighted by molar-refractivity contribution is 5.35. The zero-order valence-corrected chi connectivity index (χ0v) is 13.3. The van der Waals surface area contributed by atoms with E-state index in [2.05, 4.69) is 41.4 Å². The summed E-state index contributed by atoms with van der Waals surface area (Å²) in [6.45, 7) is 5.91. The Morgan fingerprint density at radius 3 is 2.71 bits per heavy atom. The SMILES string of the molecule is COc1ccccc1C(C)N(CC1CC1)CC1CCCN1. The van der Waals surface area contributed by atoms with Crippen molar-refractivity contribution < 1.29 is 4.74 Å². The maximum absolute atomic E-state index is 5.56. The lowest BCUT2D eigenvalue weighted by atomic mass is 10.0. The maximum atomic E-state index is 5.56. The molecule has 3 heteroatoms. The Labute approximate surface area is 128 Å². The Hall–Kier alpha value is -1.06. The molecule has 1 aromatic rings. The zero-order valence-electron chi connectivity index (χ0n) is 13.3. The Balaban J connectivity index is 1.73. The van der Waals surface area contributed by atoms with E-state index in [0.717, 1.165) is 18.2 Å². The Morgan fingerprint density at radius 2 is 2.05 bits per heavy atom. The predicted octanol–water partition coefficient (Wildman–Crippen LogP) is 3.22. The number of hydrogen-bond donors (Lipinski definition) is 1.